The summed E-state index contributed by atoms with van der Waals surface area (Å²) in [5.74, 6) is 0.867. The highest BCUT2D eigenvalue weighted by Gasteiger charge is 2.39. The smallest absolute Gasteiger partial charge is 0.184 e. The van der Waals surface area contributed by atoms with Crippen LogP contribution in [0.5, 0.6) is 0 Å². The van der Waals surface area contributed by atoms with Gasteiger partial charge in [-0.1, -0.05) is 6.08 Å². The molecule has 1 aliphatic rings. The monoisotopic (exact) mass is 198 g/mol. The van der Waals surface area contributed by atoms with Crippen molar-refractivity contribution in [3.8, 4) is 0 Å². The molecule has 0 saturated heterocycles. The fraction of sp³-hybridized carbons (Fsp3) is 0.818. The zero-order chi connectivity index (χ0) is 9.90. The van der Waals surface area contributed by atoms with Gasteiger partial charge in [-0.05, 0) is 51.2 Å². The predicted octanol–water partition coefficient (Wildman–Crippen LogP) is 3.58. The van der Waals surface area contributed by atoms with Crippen LogP contribution in [-0.2, 0) is 4.43 Å². The maximum Gasteiger partial charge on any atom is 0.184 e. The lowest BCUT2D eigenvalue weighted by molar-refractivity contribution is 0.274. The van der Waals surface area contributed by atoms with Crippen LogP contribution in [0, 0.1) is 5.92 Å². The first kappa shape index (κ1) is 11.0. The van der Waals surface area contributed by atoms with Crippen molar-refractivity contribution in [3.63, 3.8) is 0 Å². The molecule has 0 unspecified atom stereocenters. The topological polar surface area (TPSA) is 9.23 Å². The Kier molecular flexibility index (Phi) is 3.74. The van der Waals surface area contributed by atoms with Crippen LogP contribution in [0.25, 0.3) is 0 Å². The first-order chi connectivity index (χ1) is 6.03. The highest BCUT2D eigenvalue weighted by atomic mass is 28.4. The minimum absolute atomic E-state index is 0.608. The highest BCUT2D eigenvalue weighted by Crippen LogP contribution is 2.39. The molecule has 1 saturated carbocycles. The van der Waals surface area contributed by atoms with E-state index in [0.29, 0.717) is 6.10 Å². The average molecular weight is 198 g/mol. The Hall–Kier alpha value is -0.0831. The molecule has 0 aliphatic heterocycles. The van der Waals surface area contributed by atoms with Gasteiger partial charge in [0.15, 0.2) is 8.32 Å². The molecule has 0 bridgehead atoms. The van der Waals surface area contributed by atoms with Gasteiger partial charge in [-0.2, -0.15) is 0 Å². The van der Waals surface area contributed by atoms with Crippen LogP contribution < -0.4 is 0 Å². The van der Waals surface area contributed by atoms with Gasteiger partial charge < -0.3 is 4.43 Å². The van der Waals surface area contributed by atoms with E-state index in [1.165, 1.54) is 19.3 Å². The molecule has 0 radical (unpaired) electrons. The summed E-state index contributed by atoms with van der Waals surface area (Å²) in [7, 11) is -1.27. The van der Waals surface area contributed by atoms with Crippen LogP contribution in [0.15, 0.2) is 12.7 Å². The fourth-order valence-corrected chi connectivity index (χ4v) is 2.84. The standard InChI is InChI=1S/C11H22OSi/c1-5-6-7-8-10-9-11(10)12-13(2,3)4/h5,10-11H,1,6-9H2,2-4H3/t10-,11-/m0/s1. The normalized spacial score (nSPS) is 27.3. The molecule has 0 aromatic carbocycles. The maximum absolute atomic E-state index is 6.00. The summed E-state index contributed by atoms with van der Waals surface area (Å²) < 4.78 is 6.00. The molecule has 1 rings (SSSR count). The van der Waals surface area contributed by atoms with Crippen LogP contribution in [0.1, 0.15) is 25.7 Å². The summed E-state index contributed by atoms with van der Waals surface area (Å²) in [6, 6.07) is 0. The second kappa shape index (κ2) is 4.42. The summed E-state index contributed by atoms with van der Waals surface area (Å²) >= 11 is 0. The van der Waals surface area contributed by atoms with Crippen molar-refractivity contribution < 1.29 is 4.43 Å². The lowest BCUT2D eigenvalue weighted by Gasteiger charge is -2.17. The Morgan fingerprint density at radius 3 is 2.69 bits per heavy atom. The molecule has 2 heteroatoms. The van der Waals surface area contributed by atoms with Gasteiger partial charge in [-0.25, -0.2) is 0 Å². The van der Waals surface area contributed by atoms with Gasteiger partial charge in [0, 0.05) is 6.10 Å². The van der Waals surface area contributed by atoms with Crippen molar-refractivity contribution in [3.05, 3.63) is 12.7 Å². The lowest BCUT2D eigenvalue weighted by Crippen LogP contribution is -2.27. The Morgan fingerprint density at radius 2 is 2.15 bits per heavy atom. The highest BCUT2D eigenvalue weighted by molar-refractivity contribution is 6.69. The van der Waals surface area contributed by atoms with Gasteiger partial charge in [0.1, 0.15) is 0 Å². The molecule has 0 heterocycles. The van der Waals surface area contributed by atoms with Crippen molar-refractivity contribution in [2.45, 2.75) is 51.4 Å². The molecule has 0 aromatic rings. The van der Waals surface area contributed by atoms with E-state index in [9.17, 15) is 0 Å². The van der Waals surface area contributed by atoms with Crippen molar-refractivity contribution in [2.75, 3.05) is 0 Å². The summed E-state index contributed by atoms with van der Waals surface area (Å²) in [4.78, 5) is 0. The lowest BCUT2D eigenvalue weighted by atomic mass is 10.2. The SMILES string of the molecule is C=CCCC[C@H]1C[C@@H]1O[Si](C)(C)C. The van der Waals surface area contributed by atoms with E-state index < -0.39 is 8.32 Å². The zero-order valence-corrected chi connectivity index (χ0v) is 10.2. The maximum atomic E-state index is 6.00. The molecule has 0 amide bonds. The van der Waals surface area contributed by atoms with Gasteiger partial charge in [0.2, 0.25) is 0 Å². The quantitative estimate of drug-likeness (QED) is 0.360. The summed E-state index contributed by atoms with van der Waals surface area (Å²) in [6.07, 6.45) is 7.71. The number of hydrogen-bond donors (Lipinski definition) is 0. The molecule has 2 atom stereocenters. The minimum Gasteiger partial charge on any atom is -0.414 e. The van der Waals surface area contributed by atoms with E-state index in [2.05, 4.69) is 26.2 Å². The van der Waals surface area contributed by atoms with E-state index >= 15 is 0 Å². The van der Waals surface area contributed by atoms with E-state index in [1.807, 2.05) is 6.08 Å². The zero-order valence-electron chi connectivity index (χ0n) is 9.18. The van der Waals surface area contributed by atoms with Crippen LogP contribution >= 0.6 is 0 Å². The molecular formula is C11H22OSi. The largest absolute Gasteiger partial charge is 0.414 e. The van der Waals surface area contributed by atoms with Crippen molar-refractivity contribution in [1.82, 2.24) is 0 Å². The summed E-state index contributed by atoms with van der Waals surface area (Å²) in [5.41, 5.74) is 0. The molecule has 1 fully saturated rings. The molecule has 13 heavy (non-hydrogen) atoms. The molecule has 76 valence electrons. The minimum atomic E-state index is -1.27. The number of rotatable bonds is 6. The Bertz CT molecular complexity index is 171. The summed E-state index contributed by atoms with van der Waals surface area (Å²) in [5, 5.41) is 0. The van der Waals surface area contributed by atoms with Crippen LogP contribution in [-0.4, -0.2) is 14.4 Å². The molecule has 1 nitrogen and oxygen atoms in total. The third kappa shape index (κ3) is 4.63. The number of hydrogen-bond acceptors (Lipinski definition) is 1. The first-order valence-electron chi connectivity index (χ1n) is 5.31. The van der Waals surface area contributed by atoms with Crippen molar-refractivity contribution in [1.29, 1.82) is 0 Å². The second-order valence-electron chi connectivity index (χ2n) is 4.98. The van der Waals surface area contributed by atoms with Gasteiger partial charge in [0.05, 0.1) is 0 Å². The van der Waals surface area contributed by atoms with Gasteiger partial charge in [0.25, 0.3) is 0 Å². The van der Waals surface area contributed by atoms with Gasteiger partial charge >= 0.3 is 0 Å². The van der Waals surface area contributed by atoms with Crippen molar-refractivity contribution in [2.24, 2.45) is 5.92 Å². The van der Waals surface area contributed by atoms with E-state index in [1.54, 1.807) is 0 Å². The Labute approximate surface area is 83.3 Å². The molecule has 0 N–H and O–H groups in total. The number of unbranched alkanes of at least 4 members (excludes halogenated alkanes) is 1. The Morgan fingerprint density at radius 1 is 1.46 bits per heavy atom. The second-order valence-corrected chi connectivity index (χ2v) is 9.44. The van der Waals surface area contributed by atoms with Crippen LogP contribution in [0.4, 0.5) is 0 Å². The molecule has 0 spiro atoms. The first-order valence-corrected chi connectivity index (χ1v) is 8.72. The third-order valence-corrected chi connectivity index (χ3v) is 3.36. The summed E-state index contributed by atoms with van der Waals surface area (Å²) in [6.45, 7) is 10.5. The van der Waals surface area contributed by atoms with E-state index in [0.717, 1.165) is 12.3 Å². The fourth-order valence-electron chi connectivity index (χ4n) is 1.65. The van der Waals surface area contributed by atoms with Crippen LogP contribution in [0.2, 0.25) is 19.6 Å². The van der Waals surface area contributed by atoms with Crippen molar-refractivity contribution >= 4 is 8.32 Å². The average Bonchev–Trinajstić information content (AvgIpc) is 2.65. The van der Waals surface area contributed by atoms with Crippen LogP contribution in [0.3, 0.4) is 0 Å². The van der Waals surface area contributed by atoms with Gasteiger partial charge in [-0.15, -0.1) is 6.58 Å². The molecular weight excluding hydrogens is 176 g/mol. The predicted molar refractivity (Wildman–Crippen MR) is 60.4 cm³/mol. The number of allylic oxidation sites excluding steroid dienone is 1. The third-order valence-electron chi connectivity index (χ3n) is 2.35. The Balaban J connectivity index is 2.06. The van der Waals surface area contributed by atoms with E-state index in [4.69, 9.17) is 4.43 Å². The molecule has 1 aliphatic carbocycles. The molecule has 0 aromatic heterocycles. The van der Waals surface area contributed by atoms with E-state index in [-0.39, 0.29) is 0 Å². The van der Waals surface area contributed by atoms with Gasteiger partial charge in [-0.3, -0.25) is 0 Å².